The van der Waals surface area contributed by atoms with Gasteiger partial charge in [0.2, 0.25) is 0 Å². The van der Waals surface area contributed by atoms with Crippen molar-refractivity contribution in [1.29, 1.82) is 0 Å². The van der Waals surface area contributed by atoms with E-state index in [0.717, 1.165) is 12.8 Å². The van der Waals surface area contributed by atoms with Crippen molar-refractivity contribution < 1.29 is 19.4 Å². The van der Waals surface area contributed by atoms with Crippen LogP contribution in [0.25, 0.3) is 0 Å². The van der Waals surface area contributed by atoms with Gasteiger partial charge in [-0.15, -0.1) is 0 Å². The molecule has 1 fully saturated rings. The first-order valence-corrected chi connectivity index (χ1v) is 10.5. The zero-order chi connectivity index (χ0) is 18.5. The van der Waals surface area contributed by atoms with Gasteiger partial charge in [-0.25, -0.2) is 0 Å². The maximum atomic E-state index is 11.8. The molecule has 0 spiro atoms. The summed E-state index contributed by atoms with van der Waals surface area (Å²) in [6, 6.07) is 0. The molecule has 25 heavy (non-hydrogen) atoms. The molecule has 0 amide bonds. The molecule has 0 radical (unpaired) electrons. The summed E-state index contributed by atoms with van der Waals surface area (Å²) in [4.78, 5) is 11.8. The van der Waals surface area contributed by atoms with Crippen LogP contribution in [-0.2, 0) is 14.3 Å². The maximum Gasteiger partial charge on any atom is 0.190 e. The van der Waals surface area contributed by atoms with Gasteiger partial charge in [0.05, 0.1) is 6.10 Å². The number of aliphatic hydroxyl groups excluding tert-OH is 1. The monoisotopic (exact) mass is 356 g/mol. The Kier molecular flexibility index (Phi) is 11.6. The minimum Gasteiger partial charge on any atom is -0.390 e. The lowest BCUT2D eigenvalue weighted by Gasteiger charge is -2.36. The fourth-order valence-corrected chi connectivity index (χ4v) is 3.37. The summed E-state index contributed by atoms with van der Waals surface area (Å²) in [7, 11) is 0. The summed E-state index contributed by atoms with van der Waals surface area (Å²) < 4.78 is 10.9. The average Bonchev–Trinajstić information content (AvgIpc) is 2.58. The summed E-state index contributed by atoms with van der Waals surface area (Å²) in [5, 5.41) is 10.2. The quantitative estimate of drug-likeness (QED) is 0.437. The van der Waals surface area contributed by atoms with E-state index in [1.807, 2.05) is 0 Å². The van der Waals surface area contributed by atoms with Crippen LogP contribution in [0.15, 0.2) is 0 Å². The lowest BCUT2D eigenvalue weighted by molar-refractivity contribution is -0.271. The fraction of sp³-hybridized carbons (Fsp3) is 0.952. The standard InChI is InChI=1S/C21H40O4/c1-4-5-6-7-8-9-10-11-12-13-14-15-16-18(22)20-19(23)17-24-21(2,3)25-20/h18,20,22H,4-17H2,1-3H3/t18-,20-/m0/s1. The van der Waals surface area contributed by atoms with E-state index in [9.17, 15) is 9.90 Å². The molecule has 0 aromatic carbocycles. The molecule has 0 unspecified atom stereocenters. The smallest absolute Gasteiger partial charge is 0.190 e. The Morgan fingerprint density at radius 3 is 1.96 bits per heavy atom. The van der Waals surface area contributed by atoms with Crippen LogP contribution >= 0.6 is 0 Å². The van der Waals surface area contributed by atoms with Crippen molar-refractivity contribution in [1.82, 2.24) is 0 Å². The first kappa shape index (κ1) is 22.6. The highest BCUT2D eigenvalue weighted by atomic mass is 16.7. The molecule has 148 valence electrons. The molecular formula is C21H40O4. The molecule has 1 aliphatic heterocycles. The Morgan fingerprint density at radius 2 is 1.44 bits per heavy atom. The molecule has 1 N–H and O–H groups in total. The maximum absolute atomic E-state index is 11.8. The van der Waals surface area contributed by atoms with Gasteiger partial charge < -0.3 is 14.6 Å². The Labute approximate surface area is 154 Å². The molecule has 0 aliphatic carbocycles. The van der Waals surface area contributed by atoms with Crippen molar-refractivity contribution in [3.63, 3.8) is 0 Å². The minimum absolute atomic E-state index is 0.0349. The van der Waals surface area contributed by atoms with Crippen LogP contribution in [0.4, 0.5) is 0 Å². The van der Waals surface area contributed by atoms with Crippen molar-refractivity contribution in [2.45, 2.75) is 122 Å². The van der Waals surface area contributed by atoms with E-state index in [1.54, 1.807) is 13.8 Å². The first-order valence-electron chi connectivity index (χ1n) is 10.5. The van der Waals surface area contributed by atoms with E-state index in [0.29, 0.717) is 6.42 Å². The van der Waals surface area contributed by atoms with Crippen molar-refractivity contribution in [3.8, 4) is 0 Å². The SMILES string of the molecule is CCCCCCCCCCCCCC[C@H](O)[C@@H]1OC(C)(C)OCC1=O. The average molecular weight is 357 g/mol. The second-order valence-corrected chi connectivity index (χ2v) is 7.94. The van der Waals surface area contributed by atoms with Gasteiger partial charge in [0, 0.05) is 0 Å². The van der Waals surface area contributed by atoms with Crippen LogP contribution in [0.2, 0.25) is 0 Å². The van der Waals surface area contributed by atoms with Crippen LogP contribution < -0.4 is 0 Å². The molecule has 1 rings (SSSR count). The number of ketones is 1. The van der Waals surface area contributed by atoms with Crippen molar-refractivity contribution in [2.75, 3.05) is 6.61 Å². The number of aliphatic hydroxyl groups is 1. The van der Waals surface area contributed by atoms with Gasteiger partial charge in [0.25, 0.3) is 0 Å². The summed E-state index contributed by atoms with van der Waals surface area (Å²) >= 11 is 0. The zero-order valence-electron chi connectivity index (χ0n) is 16.7. The fourth-order valence-electron chi connectivity index (χ4n) is 3.37. The van der Waals surface area contributed by atoms with Gasteiger partial charge in [-0.05, 0) is 20.3 Å². The van der Waals surface area contributed by atoms with Crippen LogP contribution in [0, 0.1) is 0 Å². The summed E-state index contributed by atoms with van der Waals surface area (Å²) in [6.07, 6.45) is 14.7. The molecule has 1 heterocycles. The van der Waals surface area contributed by atoms with Crippen molar-refractivity contribution >= 4 is 5.78 Å². The Morgan fingerprint density at radius 1 is 0.960 bits per heavy atom. The predicted molar refractivity (Wildman–Crippen MR) is 102 cm³/mol. The third-order valence-electron chi connectivity index (χ3n) is 4.99. The topological polar surface area (TPSA) is 55.8 Å². The Bertz CT molecular complexity index is 354. The number of hydrogen-bond donors (Lipinski definition) is 1. The summed E-state index contributed by atoms with van der Waals surface area (Å²) in [5.41, 5.74) is 0. The van der Waals surface area contributed by atoms with E-state index in [1.165, 1.54) is 64.2 Å². The third-order valence-corrected chi connectivity index (χ3v) is 4.99. The Balaban J connectivity index is 1.96. The highest BCUT2D eigenvalue weighted by molar-refractivity contribution is 5.85. The number of unbranched alkanes of at least 4 members (excludes halogenated alkanes) is 11. The molecule has 0 bridgehead atoms. The molecule has 1 saturated heterocycles. The molecule has 2 atom stereocenters. The van der Waals surface area contributed by atoms with Gasteiger partial charge in [0.1, 0.15) is 12.7 Å². The lowest BCUT2D eigenvalue weighted by atomic mass is 10.00. The van der Waals surface area contributed by atoms with E-state index < -0.39 is 18.0 Å². The lowest BCUT2D eigenvalue weighted by Crippen LogP contribution is -2.51. The van der Waals surface area contributed by atoms with E-state index in [-0.39, 0.29) is 12.4 Å². The van der Waals surface area contributed by atoms with Gasteiger partial charge in [-0.3, -0.25) is 4.79 Å². The third kappa shape index (κ3) is 10.3. The van der Waals surface area contributed by atoms with Gasteiger partial charge >= 0.3 is 0 Å². The minimum atomic E-state index is -0.782. The molecule has 4 nitrogen and oxygen atoms in total. The number of Topliss-reactive ketones (excluding diaryl/α,β-unsaturated/α-hetero) is 1. The number of carbonyl (C=O) groups excluding carboxylic acids is 1. The molecule has 0 aromatic heterocycles. The molecule has 0 saturated carbocycles. The van der Waals surface area contributed by atoms with E-state index in [4.69, 9.17) is 9.47 Å². The van der Waals surface area contributed by atoms with Gasteiger partial charge in [0.15, 0.2) is 11.6 Å². The van der Waals surface area contributed by atoms with Crippen LogP contribution in [0.3, 0.4) is 0 Å². The summed E-state index contributed by atoms with van der Waals surface area (Å²) in [5.74, 6) is -0.929. The van der Waals surface area contributed by atoms with Gasteiger partial charge in [-0.1, -0.05) is 84.0 Å². The van der Waals surface area contributed by atoms with E-state index >= 15 is 0 Å². The molecule has 1 aliphatic rings. The first-order chi connectivity index (χ1) is 12.0. The zero-order valence-corrected chi connectivity index (χ0v) is 16.7. The number of hydrogen-bond acceptors (Lipinski definition) is 4. The molecule has 4 heteroatoms. The highest BCUT2D eigenvalue weighted by Crippen LogP contribution is 2.24. The molecular weight excluding hydrogens is 316 g/mol. The second-order valence-electron chi connectivity index (χ2n) is 7.94. The Hall–Kier alpha value is -0.450. The number of ether oxygens (including phenoxy) is 2. The summed E-state index contributed by atoms with van der Waals surface area (Å²) in [6.45, 7) is 5.85. The molecule has 0 aromatic rings. The number of carbonyl (C=O) groups is 1. The van der Waals surface area contributed by atoms with Gasteiger partial charge in [-0.2, -0.15) is 0 Å². The normalized spacial score (nSPS) is 21.4. The number of rotatable bonds is 14. The predicted octanol–water partition coefficient (Wildman–Crippen LogP) is 5.16. The van der Waals surface area contributed by atoms with Crippen LogP contribution in [0.1, 0.15) is 104 Å². The largest absolute Gasteiger partial charge is 0.390 e. The van der Waals surface area contributed by atoms with E-state index in [2.05, 4.69) is 6.92 Å². The second kappa shape index (κ2) is 12.8. The van der Waals surface area contributed by atoms with Crippen LogP contribution in [-0.4, -0.2) is 35.5 Å². The highest BCUT2D eigenvalue weighted by Gasteiger charge is 2.38. The van der Waals surface area contributed by atoms with Crippen molar-refractivity contribution in [3.05, 3.63) is 0 Å². The van der Waals surface area contributed by atoms with Crippen molar-refractivity contribution in [2.24, 2.45) is 0 Å². The van der Waals surface area contributed by atoms with Crippen LogP contribution in [0.5, 0.6) is 0 Å².